The van der Waals surface area contributed by atoms with Crippen LogP contribution in [-0.4, -0.2) is 47.1 Å². The van der Waals surface area contributed by atoms with Gasteiger partial charge in [0.2, 0.25) is 5.91 Å². The number of carbonyl (C=O) groups excluding carboxylic acids is 3. The Balaban J connectivity index is 1.41. The lowest BCUT2D eigenvalue weighted by atomic mass is 9.73. The highest BCUT2D eigenvalue weighted by molar-refractivity contribution is 7.98. The number of benzene rings is 1. The number of halogens is 1. The van der Waals surface area contributed by atoms with Crippen molar-refractivity contribution in [2.75, 3.05) is 18.8 Å². The van der Waals surface area contributed by atoms with Gasteiger partial charge in [-0.15, -0.1) is 0 Å². The van der Waals surface area contributed by atoms with Crippen LogP contribution >= 0.6 is 23.4 Å². The molecule has 1 aromatic carbocycles. The Labute approximate surface area is 174 Å². The molecule has 0 bridgehead atoms. The Morgan fingerprint density at radius 3 is 2.79 bits per heavy atom. The second kappa shape index (κ2) is 9.18. The third-order valence-corrected chi connectivity index (χ3v) is 6.84. The second-order valence-electron chi connectivity index (χ2n) is 7.47. The molecule has 3 rings (SSSR count). The number of hydrogen-bond acceptors (Lipinski definition) is 4. The van der Waals surface area contributed by atoms with E-state index in [-0.39, 0.29) is 24.3 Å². The molecule has 28 heavy (non-hydrogen) atoms. The molecule has 2 aliphatic rings. The molecule has 1 aliphatic carbocycles. The van der Waals surface area contributed by atoms with Crippen molar-refractivity contribution in [1.82, 2.24) is 15.5 Å². The van der Waals surface area contributed by atoms with Crippen LogP contribution in [0.2, 0.25) is 5.02 Å². The van der Waals surface area contributed by atoms with E-state index in [2.05, 4.69) is 10.6 Å². The smallest absolute Gasteiger partial charge is 0.325 e. The molecule has 0 radical (unpaired) electrons. The first-order valence-electron chi connectivity index (χ1n) is 9.65. The summed E-state index contributed by atoms with van der Waals surface area (Å²) in [7, 11) is 0. The Kier molecular flexibility index (Phi) is 6.88. The van der Waals surface area contributed by atoms with Crippen LogP contribution in [0.4, 0.5) is 4.79 Å². The number of rotatable bonds is 7. The molecule has 1 aromatic rings. The number of thioether (sulfide) groups is 1. The molecular formula is C20H26ClN3O3S. The van der Waals surface area contributed by atoms with E-state index < -0.39 is 11.6 Å². The minimum Gasteiger partial charge on any atom is -0.354 e. The van der Waals surface area contributed by atoms with Crippen LogP contribution in [0.15, 0.2) is 24.3 Å². The van der Waals surface area contributed by atoms with Gasteiger partial charge >= 0.3 is 6.03 Å². The van der Waals surface area contributed by atoms with Crippen LogP contribution in [0.5, 0.6) is 0 Å². The van der Waals surface area contributed by atoms with Crippen LogP contribution in [0.1, 0.15) is 38.2 Å². The molecule has 0 aromatic heterocycles. The fourth-order valence-electron chi connectivity index (χ4n) is 3.87. The molecule has 1 saturated carbocycles. The summed E-state index contributed by atoms with van der Waals surface area (Å²) in [5.41, 5.74) is 0.358. The zero-order valence-corrected chi connectivity index (χ0v) is 17.6. The van der Waals surface area contributed by atoms with Crippen molar-refractivity contribution in [2.24, 2.45) is 5.92 Å². The fourth-order valence-corrected chi connectivity index (χ4v) is 4.82. The highest BCUT2D eigenvalue weighted by Crippen LogP contribution is 2.38. The lowest BCUT2D eigenvalue weighted by Crippen LogP contribution is -2.54. The average Bonchev–Trinajstić information content (AvgIpc) is 2.90. The summed E-state index contributed by atoms with van der Waals surface area (Å²) in [5, 5.41) is 6.37. The summed E-state index contributed by atoms with van der Waals surface area (Å²) in [5.74, 6) is 1.11. The first kappa shape index (κ1) is 21.0. The van der Waals surface area contributed by atoms with Crippen molar-refractivity contribution in [1.29, 1.82) is 0 Å². The number of urea groups is 1. The Hall–Kier alpha value is -1.73. The lowest BCUT2D eigenvalue weighted by Gasteiger charge is -2.36. The Morgan fingerprint density at radius 1 is 1.32 bits per heavy atom. The fraction of sp³-hybridized carbons (Fsp3) is 0.550. The van der Waals surface area contributed by atoms with Crippen LogP contribution in [0, 0.1) is 5.92 Å². The van der Waals surface area contributed by atoms with Crippen molar-refractivity contribution >= 4 is 41.2 Å². The predicted octanol–water partition coefficient (Wildman–Crippen LogP) is 3.19. The van der Waals surface area contributed by atoms with Gasteiger partial charge in [-0.25, -0.2) is 4.79 Å². The van der Waals surface area contributed by atoms with Gasteiger partial charge in [0.1, 0.15) is 12.1 Å². The number of carbonyl (C=O) groups is 3. The van der Waals surface area contributed by atoms with E-state index >= 15 is 0 Å². The van der Waals surface area contributed by atoms with E-state index in [0.717, 1.165) is 35.7 Å². The van der Waals surface area contributed by atoms with E-state index in [1.54, 1.807) is 11.8 Å². The highest BCUT2D eigenvalue weighted by Gasteiger charge is 2.55. The quantitative estimate of drug-likeness (QED) is 0.521. The molecule has 0 unspecified atom stereocenters. The summed E-state index contributed by atoms with van der Waals surface area (Å²) < 4.78 is 0. The SMILES string of the molecule is C[C@@H]1CCCC[C@]12NC(=O)N(CC(=O)NCCSCc1ccc(Cl)cc1)C2=O. The largest absolute Gasteiger partial charge is 0.354 e. The van der Waals surface area contributed by atoms with Crippen molar-refractivity contribution in [3.8, 4) is 0 Å². The zero-order valence-electron chi connectivity index (χ0n) is 16.0. The van der Waals surface area contributed by atoms with Crippen LogP contribution in [-0.2, 0) is 15.3 Å². The Bertz CT molecular complexity index is 743. The van der Waals surface area contributed by atoms with Gasteiger partial charge in [0.25, 0.3) is 5.91 Å². The predicted molar refractivity (Wildman–Crippen MR) is 111 cm³/mol. The standard InChI is InChI=1S/C20H26ClN3O3S/c1-14-4-2-3-9-20(14)18(26)24(19(27)23-20)12-17(25)22-10-11-28-13-15-5-7-16(21)8-6-15/h5-8,14H,2-4,9-13H2,1H3,(H,22,25)(H,23,27)/t14-,20+/m1/s1. The molecule has 1 spiro atoms. The van der Waals surface area contributed by atoms with Crippen LogP contribution in [0.3, 0.4) is 0 Å². The third-order valence-electron chi connectivity index (χ3n) is 5.55. The van der Waals surface area contributed by atoms with Gasteiger partial charge < -0.3 is 10.6 Å². The molecule has 152 valence electrons. The van der Waals surface area contributed by atoms with E-state index in [9.17, 15) is 14.4 Å². The normalized spacial score (nSPS) is 24.5. The summed E-state index contributed by atoms with van der Waals surface area (Å²) in [6, 6.07) is 7.22. The number of amides is 4. The minimum atomic E-state index is -0.815. The van der Waals surface area contributed by atoms with E-state index in [1.165, 1.54) is 5.56 Å². The zero-order chi connectivity index (χ0) is 20.1. The van der Waals surface area contributed by atoms with Crippen molar-refractivity contribution in [3.63, 3.8) is 0 Å². The second-order valence-corrected chi connectivity index (χ2v) is 9.01. The molecule has 1 saturated heterocycles. The van der Waals surface area contributed by atoms with Gasteiger partial charge in [0.15, 0.2) is 0 Å². The minimum absolute atomic E-state index is 0.0926. The maximum absolute atomic E-state index is 12.8. The van der Waals surface area contributed by atoms with Crippen LogP contribution < -0.4 is 10.6 Å². The topological polar surface area (TPSA) is 78.5 Å². The molecule has 2 atom stereocenters. The van der Waals surface area contributed by atoms with Gasteiger partial charge in [-0.3, -0.25) is 14.5 Å². The molecule has 2 fully saturated rings. The van der Waals surface area contributed by atoms with E-state index in [0.29, 0.717) is 18.0 Å². The molecule has 6 nitrogen and oxygen atoms in total. The molecule has 2 N–H and O–H groups in total. The maximum atomic E-state index is 12.8. The van der Waals surface area contributed by atoms with Crippen molar-refractivity contribution in [3.05, 3.63) is 34.9 Å². The maximum Gasteiger partial charge on any atom is 0.325 e. The van der Waals surface area contributed by atoms with Crippen molar-refractivity contribution < 1.29 is 14.4 Å². The highest BCUT2D eigenvalue weighted by atomic mass is 35.5. The van der Waals surface area contributed by atoms with Gasteiger partial charge in [-0.2, -0.15) is 11.8 Å². The molecular weight excluding hydrogens is 398 g/mol. The number of nitrogens with one attached hydrogen (secondary N) is 2. The van der Waals surface area contributed by atoms with Gasteiger partial charge in [0, 0.05) is 23.1 Å². The van der Waals surface area contributed by atoms with E-state index in [1.807, 2.05) is 31.2 Å². The summed E-state index contributed by atoms with van der Waals surface area (Å²) in [4.78, 5) is 38.4. The lowest BCUT2D eigenvalue weighted by molar-refractivity contribution is -0.137. The molecule has 8 heteroatoms. The first-order chi connectivity index (χ1) is 13.4. The summed E-state index contributed by atoms with van der Waals surface area (Å²) in [6.07, 6.45) is 3.55. The monoisotopic (exact) mass is 423 g/mol. The Morgan fingerprint density at radius 2 is 2.07 bits per heavy atom. The van der Waals surface area contributed by atoms with E-state index in [4.69, 9.17) is 11.6 Å². The van der Waals surface area contributed by atoms with Gasteiger partial charge in [0.05, 0.1) is 0 Å². The van der Waals surface area contributed by atoms with Crippen LogP contribution in [0.25, 0.3) is 0 Å². The number of hydrogen-bond donors (Lipinski definition) is 2. The number of nitrogens with zero attached hydrogens (tertiary/aromatic N) is 1. The molecule has 1 heterocycles. The van der Waals surface area contributed by atoms with Crippen molar-refractivity contribution in [2.45, 2.75) is 43.9 Å². The summed E-state index contributed by atoms with van der Waals surface area (Å²) in [6.45, 7) is 2.27. The third kappa shape index (κ3) is 4.63. The summed E-state index contributed by atoms with van der Waals surface area (Å²) >= 11 is 7.56. The number of imide groups is 1. The average molecular weight is 424 g/mol. The van der Waals surface area contributed by atoms with Gasteiger partial charge in [-0.1, -0.05) is 43.5 Å². The molecule has 4 amide bonds. The van der Waals surface area contributed by atoms with Gasteiger partial charge in [-0.05, 0) is 36.5 Å². The first-order valence-corrected chi connectivity index (χ1v) is 11.2. The molecule has 1 aliphatic heterocycles.